The lowest BCUT2D eigenvalue weighted by Gasteiger charge is -2.07. The average molecular weight is 288 g/mol. The summed E-state index contributed by atoms with van der Waals surface area (Å²) in [4.78, 5) is 16.5. The van der Waals surface area contributed by atoms with Gasteiger partial charge in [0.1, 0.15) is 11.6 Å². The summed E-state index contributed by atoms with van der Waals surface area (Å²) >= 11 is 0. The van der Waals surface area contributed by atoms with Gasteiger partial charge in [0, 0.05) is 34.3 Å². The van der Waals surface area contributed by atoms with Gasteiger partial charge >= 0.3 is 0 Å². The first kappa shape index (κ1) is 12.7. The van der Waals surface area contributed by atoms with E-state index in [1.165, 1.54) is 0 Å². The first-order valence-electron chi connectivity index (χ1n) is 5.87. The highest BCUT2D eigenvalue weighted by atomic mass is 32.2. The molecule has 102 valence electrons. The number of benzene rings is 1. The van der Waals surface area contributed by atoms with Gasteiger partial charge in [0.2, 0.25) is 0 Å². The summed E-state index contributed by atoms with van der Waals surface area (Å²) in [5, 5.41) is 0. The van der Waals surface area contributed by atoms with Gasteiger partial charge in [0.15, 0.2) is 11.3 Å². The Labute approximate surface area is 117 Å². The molecule has 2 aromatic heterocycles. The van der Waals surface area contributed by atoms with Crippen molar-refractivity contribution in [1.29, 1.82) is 0 Å². The van der Waals surface area contributed by atoms with E-state index in [1.807, 2.05) is 6.07 Å². The van der Waals surface area contributed by atoms with Crippen LogP contribution in [0.3, 0.4) is 0 Å². The van der Waals surface area contributed by atoms with E-state index in [9.17, 15) is 4.21 Å². The fraction of sp³-hybridized carbons (Fsp3) is 0.154. The maximum absolute atomic E-state index is 11.5. The van der Waals surface area contributed by atoms with Gasteiger partial charge in [0.25, 0.3) is 0 Å². The van der Waals surface area contributed by atoms with Gasteiger partial charge < -0.3 is 9.72 Å². The molecular weight excluding hydrogens is 276 g/mol. The van der Waals surface area contributed by atoms with Crippen LogP contribution in [0, 0.1) is 0 Å². The molecule has 0 fully saturated rings. The smallest absolute Gasteiger partial charge is 0.197 e. The van der Waals surface area contributed by atoms with E-state index in [0.29, 0.717) is 27.8 Å². The molecule has 0 bridgehead atoms. The molecule has 3 rings (SSSR count). The van der Waals surface area contributed by atoms with Gasteiger partial charge in [-0.25, -0.2) is 15.0 Å². The van der Waals surface area contributed by atoms with Crippen molar-refractivity contribution in [3.05, 3.63) is 30.6 Å². The van der Waals surface area contributed by atoms with Gasteiger partial charge in [-0.1, -0.05) is 0 Å². The Morgan fingerprint density at radius 1 is 1.25 bits per heavy atom. The molecule has 0 amide bonds. The number of methoxy groups -OCH3 is 1. The Morgan fingerprint density at radius 3 is 2.75 bits per heavy atom. The number of nitrogens with zero attached hydrogens (tertiary/aromatic N) is 3. The number of H-pyrrole nitrogens is 1. The van der Waals surface area contributed by atoms with Gasteiger partial charge in [-0.2, -0.15) is 0 Å². The molecular formula is C13H12N4O2S. The Bertz CT molecular complexity index is 767. The van der Waals surface area contributed by atoms with Crippen LogP contribution in [-0.4, -0.2) is 37.5 Å². The minimum absolute atomic E-state index is 0.549. The second-order valence-electron chi connectivity index (χ2n) is 4.13. The Balaban J connectivity index is 2.15. The number of imidazole rings is 1. The second kappa shape index (κ2) is 5.01. The van der Waals surface area contributed by atoms with E-state index in [4.69, 9.17) is 4.74 Å². The number of fused-ring (bicyclic) bond motifs is 1. The third kappa shape index (κ3) is 2.16. The van der Waals surface area contributed by atoms with E-state index < -0.39 is 10.8 Å². The van der Waals surface area contributed by atoms with Crippen molar-refractivity contribution in [3.8, 4) is 17.1 Å². The first-order valence-corrected chi connectivity index (χ1v) is 7.43. The van der Waals surface area contributed by atoms with Crippen LogP contribution in [0.2, 0.25) is 0 Å². The summed E-state index contributed by atoms with van der Waals surface area (Å²) in [5.74, 6) is 1.23. The van der Waals surface area contributed by atoms with Crippen molar-refractivity contribution in [2.24, 2.45) is 0 Å². The SMILES string of the molecule is COc1cc(S(C)=O)ccc1-c1nc2nccnc2[nH]1. The molecule has 7 heteroatoms. The molecule has 0 aliphatic heterocycles. The van der Waals surface area contributed by atoms with Crippen molar-refractivity contribution in [3.63, 3.8) is 0 Å². The lowest BCUT2D eigenvalue weighted by Crippen LogP contribution is -1.93. The van der Waals surface area contributed by atoms with Gasteiger partial charge in [0.05, 0.1) is 12.7 Å². The van der Waals surface area contributed by atoms with Crippen molar-refractivity contribution in [2.45, 2.75) is 4.90 Å². The van der Waals surface area contributed by atoms with Crippen LogP contribution in [-0.2, 0) is 10.8 Å². The third-order valence-corrected chi connectivity index (χ3v) is 3.81. The van der Waals surface area contributed by atoms with Gasteiger partial charge in [-0.05, 0) is 18.2 Å². The highest BCUT2D eigenvalue weighted by molar-refractivity contribution is 7.84. The second-order valence-corrected chi connectivity index (χ2v) is 5.51. The Hall–Kier alpha value is -2.28. The molecule has 0 spiro atoms. The lowest BCUT2D eigenvalue weighted by molar-refractivity contribution is 0.415. The number of aromatic amines is 1. The normalized spacial score (nSPS) is 12.5. The molecule has 20 heavy (non-hydrogen) atoms. The average Bonchev–Trinajstić information content (AvgIpc) is 2.90. The molecule has 0 saturated carbocycles. The molecule has 0 radical (unpaired) electrons. The molecule has 1 atom stereocenters. The molecule has 1 unspecified atom stereocenters. The molecule has 0 aliphatic rings. The Morgan fingerprint density at radius 2 is 2.05 bits per heavy atom. The first-order chi connectivity index (χ1) is 9.69. The van der Waals surface area contributed by atoms with Crippen LogP contribution in [0.25, 0.3) is 22.7 Å². The van der Waals surface area contributed by atoms with Gasteiger partial charge in [-0.3, -0.25) is 4.21 Å². The predicted molar refractivity (Wildman–Crippen MR) is 76.0 cm³/mol. The monoisotopic (exact) mass is 288 g/mol. The maximum atomic E-state index is 11.5. The zero-order chi connectivity index (χ0) is 14.1. The highest BCUT2D eigenvalue weighted by Crippen LogP contribution is 2.30. The number of hydrogen-bond acceptors (Lipinski definition) is 5. The van der Waals surface area contributed by atoms with Crippen LogP contribution >= 0.6 is 0 Å². The molecule has 1 aromatic carbocycles. The molecule has 1 N–H and O–H groups in total. The number of hydrogen-bond donors (Lipinski definition) is 1. The molecule has 0 saturated heterocycles. The summed E-state index contributed by atoms with van der Waals surface area (Å²) in [5.41, 5.74) is 1.95. The van der Waals surface area contributed by atoms with Crippen LogP contribution in [0.4, 0.5) is 0 Å². The standard InChI is InChI=1S/C13H12N4O2S/c1-19-10-7-8(20(2)18)3-4-9(10)11-16-12-13(17-11)15-6-5-14-12/h3-7H,1-2H3,(H,14,15,16,17). The van der Waals surface area contributed by atoms with Crippen LogP contribution < -0.4 is 4.74 Å². The van der Waals surface area contributed by atoms with Crippen LogP contribution in [0.1, 0.15) is 0 Å². The minimum Gasteiger partial charge on any atom is -0.496 e. The van der Waals surface area contributed by atoms with Crippen LogP contribution in [0.5, 0.6) is 5.75 Å². The fourth-order valence-corrected chi connectivity index (χ4v) is 2.45. The van der Waals surface area contributed by atoms with Crippen molar-refractivity contribution < 1.29 is 8.95 Å². The van der Waals surface area contributed by atoms with Gasteiger partial charge in [-0.15, -0.1) is 0 Å². The zero-order valence-corrected chi connectivity index (χ0v) is 11.8. The largest absolute Gasteiger partial charge is 0.496 e. The fourth-order valence-electron chi connectivity index (χ4n) is 1.92. The van der Waals surface area contributed by atoms with Crippen molar-refractivity contribution in [2.75, 3.05) is 13.4 Å². The number of ether oxygens (including phenoxy) is 1. The number of aromatic nitrogens is 4. The summed E-state index contributed by atoms with van der Waals surface area (Å²) in [6, 6.07) is 5.37. The summed E-state index contributed by atoms with van der Waals surface area (Å²) in [6.07, 6.45) is 4.82. The Kier molecular flexibility index (Phi) is 3.19. The molecule has 2 heterocycles. The maximum Gasteiger partial charge on any atom is 0.197 e. The number of rotatable bonds is 3. The van der Waals surface area contributed by atoms with Crippen molar-refractivity contribution >= 4 is 22.1 Å². The summed E-state index contributed by atoms with van der Waals surface area (Å²) in [7, 11) is 0.514. The highest BCUT2D eigenvalue weighted by Gasteiger charge is 2.13. The van der Waals surface area contributed by atoms with E-state index in [0.717, 1.165) is 5.56 Å². The zero-order valence-electron chi connectivity index (χ0n) is 11.0. The van der Waals surface area contributed by atoms with Crippen LogP contribution in [0.15, 0.2) is 35.5 Å². The molecule has 3 aromatic rings. The topological polar surface area (TPSA) is 80.8 Å². The van der Waals surface area contributed by atoms with E-state index in [1.54, 1.807) is 37.9 Å². The summed E-state index contributed by atoms with van der Waals surface area (Å²) < 4.78 is 16.9. The van der Waals surface area contributed by atoms with Crippen molar-refractivity contribution in [1.82, 2.24) is 19.9 Å². The lowest BCUT2D eigenvalue weighted by atomic mass is 10.2. The van der Waals surface area contributed by atoms with E-state index in [2.05, 4.69) is 19.9 Å². The minimum atomic E-state index is -1.06. The molecule has 6 nitrogen and oxygen atoms in total. The van der Waals surface area contributed by atoms with E-state index in [-0.39, 0.29) is 0 Å². The summed E-state index contributed by atoms with van der Waals surface area (Å²) in [6.45, 7) is 0. The molecule has 0 aliphatic carbocycles. The third-order valence-electron chi connectivity index (χ3n) is 2.89. The number of nitrogens with one attached hydrogen (secondary N) is 1. The van der Waals surface area contributed by atoms with E-state index >= 15 is 0 Å². The quantitative estimate of drug-likeness (QED) is 0.794. The predicted octanol–water partition coefficient (Wildman–Crippen LogP) is 1.77.